The van der Waals surface area contributed by atoms with Crippen LogP contribution in [0.4, 0.5) is 19.3 Å². The van der Waals surface area contributed by atoms with E-state index in [1.54, 1.807) is 35.2 Å². The molecule has 0 unspecified atom stereocenters. The van der Waals surface area contributed by atoms with Crippen molar-refractivity contribution in [2.45, 2.75) is 12.5 Å². The van der Waals surface area contributed by atoms with Gasteiger partial charge in [-0.3, -0.25) is 0 Å². The Kier molecular flexibility index (Phi) is 4.87. The van der Waals surface area contributed by atoms with Crippen LogP contribution in [0.5, 0.6) is 0 Å². The third-order valence-electron chi connectivity index (χ3n) is 5.65. The molecule has 4 aromatic rings. The fraction of sp³-hybridized carbons (Fsp3) is 0.125. The third kappa shape index (κ3) is 3.53. The Hall–Kier alpha value is -3.38. The monoisotopic (exact) mass is 437 g/mol. The van der Waals surface area contributed by atoms with Crippen molar-refractivity contribution in [3.63, 3.8) is 0 Å². The van der Waals surface area contributed by atoms with Gasteiger partial charge in [-0.2, -0.15) is 0 Å². The summed E-state index contributed by atoms with van der Waals surface area (Å²) >= 11 is 6.21. The molecule has 5 rings (SSSR count). The number of carbonyl (C=O) groups excluding carboxylic acids is 1. The minimum Gasteiger partial charge on any atom is -0.356 e. The highest BCUT2D eigenvalue weighted by molar-refractivity contribution is 6.31. The molecule has 3 aromatic carbocycles. The summed E-state index contributed by atoms with van der Waals surface area (Å²) in [6.07, 6.45) is 0.609. The van der Waals surface area contributed by atoms with Gasteiger partial charge >= 0.3 is 6.03 Å². The summed E-state index contributed by atoms with van der Waals surface area (Å²) in [7, 11) is 0. The Morgan fingerprint density at radius 2 is 1.84 bits per heavy atom. The molecule has 0 fully saturated rings. The number of aromatic amines is 1. The summed E-state index contributed by atoms with van der Waals surface area (Å²) in [6, 6.07) is 16.8. The van der Waals surface area contributed by atoms with E-state index >= 15 is 0 Å². The quantitative estimate of drug-likeness (QED) is 0.381. The van der Waals surface area contributed by atoms with Crippen molar-refractivity contribution < 1.29 is 13.6 Å². The second kappa shape index (κ2) is 7.71. The summed E-state index contributed by atoms with van der Waals surface area (Å²) in [5.41, 5.74) is 3.70. The van der Waals surface area contributed by atoms with Gasteiger partial charge in [0.1, 0.15) is 11.6 Å². The van der Waals surface area contributed by atoms with Gasteiger partial charge in [0.05, 0.1) is 11.7 Å². The fourth-order valence-electron chi connectivity index (χ4n) is 4.22. The highest BCUT2D eigenvalue weighted by Crippen LogP contribution is 2.39. The average Bonchev–Trinajstić information content (AvgIpc) is 3.13. The van der Waals surface area contributed by atoms with Crippen LogP contribution in [-0.4, -0.2) is 22.5 Å². The van der Waals surface area contributed by atoms with Crippen LogP contribution < -0.4 is 5.32 Å². The number of benzene rings is 3. The summed E-state index contributed by atoms with van der Waals surface area (Å²) in [4.78, 5) is 18.2. The summed E-state index contributed by atoms with van der Waals surface area (Å²) < 4.78 is 27.7. The zero-order valence-electron chi connectivity index (χ0n) is 16.3. The highest BCUT2D eigenvalue weighted by atomic mass is 35.5. The highest BCUT2D eigenvalue weighted by Gasteiger charge is 2.35. The van der Waals surface area contributed by atoms with Crippen molar-refractivity contribution in [1.29, 1.82) is 0 Å². The van der Waals surface area contributed by atoms with E-state index in [1.165, 1.54) is 24.3 Å². The molecule has 2 amide bonds. The van der Waals surface area contributed by atoms with Crippen LogP contribution >= 0.6 is 11.6 Å². The molecule has 1 atom stereocenters. The van der Waals surface area contributed by atoms with Crippen molar-refractivity contribution >= 4 is 34.2 Å². The molecule has 1 aromatic heterocycles. The van der Waals surface area contributed by atoms with Crippen molar-refractivity contribution in [3.05, 3.63) is 100 Å². The van der Waals surface area contributed by atoms with Gasteiger partial charge in [0.2, 0.25) is 0 Å². The Bertz CT molecular complexity index is 1290. The standard InChI is InChI=1S/C24H18ClF2N3O/c25-15-7-10-20-18(13-15)17-11-12-30(24(31)29-21-4-2-1-3-19(21)27)23(22(17)28-20)14-5-8-16(26)9-6-14/h1-10,13,23,28H,11-12H2,(H,29,31)/t23-/m1/s1. The van der Waals surface area contributed by atoms with Crippen LogP contribution in [0.25, 0.3) is 10.9 Å². The molecule has 1 aliphatic rings. The number of hydrogen-bond donors (Lipinski definition) is 2. The van der Waals surface area contributed by atoms with Gasteiger partial charge in [0, 0.05) is 28.2 Å². The lowest BCUT2D eigenvalue weighted by Crippen LogP contribution is -2.43. The van der Waals surface area contributed by atoms with Gasteiger partial charge in [-0.05, 0) is 60.0 Å². The molecule has 0 aliphatic carbocycles. The summed E-state index contributed by atoms with van der Waals surface area (Å²) in [5.74, 6) is -0.863. The van der Waals surface area contributed by atoms with Gasteiger partial charge in [-0.25, -0.2) is 13.6 Å². The van der Waals surface area contributed by atoms with E-state index in [1.807, 2.05) is 12.1 Å². The molecule has 0 bridgehead atoms. The molecule has 0 saturated heterocycles. The minimum atomic E-state index is -0.507. The number of anilines is 1. The number of urea groups is 1. The number of fused-ring (bicyclic) bond motifs is 3. The van der Waals surface area contributed by atoms with Crippen molar-refractivity contribution in [3.8, 4) is 0 Å². The zero-order valence-corrected chi connectivity index (χ0v) is 17.1. The number of rotatable bonds is 2. The summed E-state index contributed by atoms with van der Waals surface area (Å²) in [5, 5.41) is 4.30. The van der Waals surface area contributed by atoms with E-state index in [0.717, 1.165) is 27.7 Å². The van der Waals surface area contributed by atoms with Gasteiger partial charge in [-0.15, -0.1) is 0 Å². The van der Waals surface area contributed by atoms with E-state index in [0.29, 0.717) is 18.0 Å². The second-order valence-electron chi connectivity index (χ2n) is 7.51. The normalized spacial score (nSPS) is 15.7. The number of hydrogen-bond acceptors (Lipinski definition) is 1. The average molecular weight is 438 g/mol. The molecule has 1 aliphatic heterocycles. The van der Waals surface area contributed by atoms with Crippen LogP contribution in [0.15, 0.2) is 66.7 Å². The first-order valence-electron chi connectivity index (χ1n) is 9.89. The molecule has 2 heterocycles. The molecule has 0 radical (unpaired) electrons. The third-order valence-corrected chi connectivity index (χ3v) is 5.89. The maximum atomic E-state index is 14.1. The second-order valence-corrected chi connectivity index (χ2v) is 7.95. The number of nitrogens with one attached hydrogen (secondary N) is 2. The van der Waals surface area contributed by atoms with E-state index in [2.05, 4.69) is 10.3 Å². The molecule has 4 nitrogen and oxygen atoms in total. The number of aromatic nitrogens is 1. The predicted molar refractivity (Wildman–Crippen MR) is 117 cm³/mol. The Morgan fingerprint density at radius 1 is 1.06 bits per heavy atom. The molecule has 156 valence electrons. The first-order valence-corrected chi connectivity index (χ1v) is 10.3. The first-order chi connectivity index (χ1) is 15.0. The number of para-hydroxylation sites is 1. The van der Waals surface area contributed by atoms with Crippen LogP contribution in [0.3, 0.4) is 0 Å². The minimum absolute atomic E-state index is 0.111. The van der Waals surface area contributed by atoms with Crippen LogP contribution in [0.2, 0.25) is 5.02 Å². The summed E-state index contributed by atoms with van der Waals surface area (Å²) in [6.45, 7) is 0.412. The molecule has 0 saturated carbocycles. The first kappa shape index (κ1) is 19.6. The zero-order chi connectivity index (χ0) is 21.5. The van der Waals surface area contributed by atoms with Gasteiger partial charge < -0.3 is 15.2 Å². The Balaban J connectivity index is 1.60. The maximum Gasteiger partial charge on any atom is 0.322 e. The van der Waals surface area contributed by atoms with Gasteiger partial charge in [-0.1, -0.05) is 35.9 Å². The van der Waals surface area contributed by atoms with Gasteiger partial charge in [0.15, 0.2) is 0 Å². The van der Waals surface area contributed by atoms with Crippen LogP contribution in [0.1, 0.15) is 22.9 Å². The molecular formula is C24H18ClF2N3O. The Morgan fingerprint density at radius 3 is 2.61 bits per heavy atom. The van der Waals surface area contributed by atoms with E-state index in [9.17, 15) is 13.6 Å². The fourth-order valence-corrected chi connectivity index (χ4v) is 4.39. The topological polar surface area (TPSA) is 48.1 Å². The maximum absolute atomic E-state index is 14.1. The molecule has 2 N–H and O–H groups in total. The smallest absolute Gasteiger partial charge is 0.322 e. The number of halogens is 3. The Labute approximate surface area is 182 Å². The molecular weight excluding hydrogens is 420 g/mol. The predicted octanol–water partition coefficient (Wildman–Crippen LogP) is 6.28. The van der Waals surface area contributed by atoms with Crippen LogP contribution in [0, 0.1) is 11.6 Å². The largest absolute Gasteiger partial charge is 0.356 e. The SMILES string of the molecule is O=C(Nc1ccccc1F)N1CCc2c([nH]c3ccc(Cl)cc23)[C@H]1c1ccc(F)cc1. The van der Waals surface area contributed by atoms with E-state index in [-0.39, 0.29) is 11.5 Å². The lowest BCUT2D eigenvalue weighted by Gasteiger charge is -2.36. The van der Waals surface area contributed by atoms with E-state index in [4.69, 9.17) is 11.6 Å². The lowest BCUT2D eigenvalue weighted by molar-refractivity contribution is 0.193. The number of amides is 2. The van der Waals surface area contributed by atoms with Crippen molar-refractivity contribution in [1.82, 2.24) is 9.88 Å². The van der Waals surface area contributed by atoms with Crippen molar-refractivity contribution in [2.24, 2.45) is 0 Å². The molecule has 7 heteroatoms. The molecule has 0 spiro atoms. The van der Waals surface area contributed by atoms with Crippen LogP contribution in [-0.2, 0) is 6.42 Å². The van der Waals surface area contributed by atoms with E-state index < -0.39 is 17.9 Å². The molecule has 31 heavy (non-hydrogen) atoms. The van der Waals surface area contributed by atoms with Crippen molar-refractivity contribution in [2.75, 3.05) is 11.9 Å². The number of nitrogens with zero attached hydrogens (tertiary/aromatic N) is 1. The van der Waals surface area contributed by atoms with Gasteiger partial charge in [0.25, 0.3) is 0 Å². The number of H-pyrrole nitrogens is 1. The number of carbonyl (C=O) groups is 1. The lowest BCUT2D eigenvalue weighted by atomic mass is 9.92.